The highest BCUT2D eigenvalue weighted by atomic mass is 19.4. The van der Waals surface area contributed by atoms with E-state index >= 15 is 0 Å². The second kappa shape index (κ2) is 5.89. The van der Waals surface area contributed by atoms with E-state index in [-0.39, 0.29) is 23.5 Å². The maximum absolute atomic E-state index is 14.9. The third-order valence-electron chi connectivity index (χ3n) is 3.93. The minimum Gasteiger partial charge on any atom is -0.392 e. The van der Waals surface area contributed by atoms with Gasteiger partial charge in [-0.2, -0.15) is 13.2 Å². The fourth-order valence-electron chi connectivity index (χ4n) is 3.11. The van der Waals surface area contributed by atoms with Crippen molar-refractivity contribution in [3.63, 3.8) is 0 Å². The van der Waals surface area contributed by atoms with Crippen molar-refractivity contribution in [1.29, 1.82) is 0 Å². The summed E-state index contributed by atoms with van der Waals surface area (Å²) < 4.78 is 63.9. The monoisotopic (exact) mass is 348 g/mol. The highest BCUT2D eigenvalue weighted by molar-refractivity contribution is 5.86. The fraction of sp³-hybridized carbons (Fsp3) is 0.533. The van der Waals surface area contributed by atoms with Gasteiger partial charge in [0.2, 0.25) is 5.58 Å². The Kier molecular flexibility index (Phi) is 4.16. The summed E-state index contributed by atoms with van der Waals surface area (Å²) in [6, 6.07) is 1.08. The Morgan fingerprint density at radius 1 is 1.29 bits per heavy atom. The van der Waals surface area contributed by atoms with Crippen LogP contribution in [0.15, 0.2) is 10.6 Å². The Hall–Kier alpha value is -1.87. The number of aliphatic hydroxyl groups is 1. The molecule has 132 valence electrons. The molecule has 5 nitrogen and oxygen atoms in total. The molecule has 2 heterocycles. The first kappa shape index (κ1) is 17.0. The van der Waals surface area contributed by atoms with E-state index in [2.05, 4.69) is 9.68 Å². The Bertz CT molecular complexity index is 749. The number of morpholine rings is 1. The van der Waals surface area contributed by atoms with Crippen LogP contribution in [0.25, 0.3) is 11.0 Å². The Balaban J connectivity index is 2.17. The van der Waals surface area contributed by atoms with Gasteiger partial charge < -0.3 is 19.3 Å². The molecule has 0 unspecified atom stereocenters. The number of aromatic nitrogens is 1. The predicted molar refractivity (Wildman–Crippen MR) is 77.1 cm³/mol. The molecule has 3 rings (SSSR count). The summed E-state index contributed by atoms with van der Waals surface area (Å²) in [6.07, 6.45) is -5.14. The SMILES string of the molecule is C[C@@H]1CN(c2c(CO)cc3c(C(F)(F)F)noc3c2F)C[C@H](C)O1. The summed E-state index contributed by atoms with van der Waals surface area (Å²) in [4.78, 5) is 1.65. The molecule has 0 amide bonds. The molecule has 9 heteroatoms. The number of anilines is 1. The third kappa shape index (κ3) is 2.82. The van der Waals surface area contributed by atoms with Crippen LogP contribution in [0.1, 0.15) is 25.1 Å². The molecule has 0 saturated carbocycles. The van der Waals surface area contributed by atoms with Crippen LogP contribution < -0.4 is 4.90 Å². The number of aliphatic hydroxyl groups excluding tert-OH is 1. The zero-order valence-electron chi connectivity index (χ0n) is 13.0. The number of ether oxygens (including phenoxy) is 1. The zero-order valence-corrected chi connectivity index (χ0v) is 13.0. The van der Waals surface area contributed by atoms with Crippen molar-refractivity contribution in [2.24, 2.45) is 0 Å². The zero-order chi connectivity index (χ0) is 17.6. The molecule has 1 aromatic carbocycles. The number of nitrogens with zero attached hydrogens (tertiary/aromatic N) is 2. The molecule has 1 fully saturated rings. The van der Waals surface area contributed by atoms with Crippen LogP contribution in [0.5, 0.6) is 0 Å². The molecule has 0 bridgehead atoms. The second-order valence-corrected chi connectivity index (χ2v) is 5.92. The van der Waals surface area contributed by atoms with E-state index in [9.17, 15) is 22.7 Å². The molecule has 1 aliphatic heterocycles. The van der Waals surface area contributed by atoms with Crippen molar-refractivity contribution in [3.8, 4) is 0 Å². The first-order chi connectivity index (χ1) is 11.2. The second-order valence-electron chi connectivity index (χ2n) is 5.92. The molecule has 2 aromatic rings. The van der Waals surface area contributed by atoms with Crippen LogP contribution in [-0.2, 0) is 17.5 Å². The van der Waals surface area contributed by atoms with Gasteiger partial charge in [0.25, 0.3) is 0 Å². The van der Waals surface area contributed by atoms with E-state index in [4.69, 9.17) is 4.74 Å². The smallest absolute Gasteiger partial charge is 0.392 e. The lowest BCUT2D eigenvalue weighted by Crippen LogP contribution is -2.46. The quantitative estimate of drug-likeness (QED) is 0.845. The Morgan fingerprint density at radius 2 is 1.92 bits per heavy atom. The minimum absolute atomic E-state index is 0.0249. The van der Waals surface area contributed by atoms with Gasteiger partial charge in [-0.3, -0.25) is 0 Å². The summed E-state index contributed by atoms with van der Waals surface area (Å²) in [5.41, 5.74) is -1.80. The number of alkyl halides is 3. The topological polar surface area (TPSA) is 58.7 Å². The van der Waals surface area contributed by atoms with Crippen molar-refractivity contribution >= 4 is 16.7 Å². The number of hydrogen-bond acceptors (Lipinski definition) is 5. The molecule has 2 atom stereocenters. The summed E-state index contributed by atoms with van der Waals surface area (Å²) in [5, 5.41) is 12.0. The number of halogens is 4. The number of rotatable bonds is 2. The van der Waals surface area contributed by atoms with Crippen LogP contribution in [0.2, 0.25) is 0 Å². The number of fused-ring (bicyclic) bond motifs is 1. The average Bonchev–Trinajstić information content (AvgIpc) is 2.90. The molecule has 24 heavy (non-hydrogen) atoms. The van der Waals surface area contributed by atoms with E-state index in [0.717, 1.165) is 6.07 Å². The van der Waals surface area contributed by atoms with Crippen LogP contribution in [0.4, 0.5) is 23.2 Å². The van der Waals surface area contributed by atoms with Crippen molar-refractivity contribution in [2.75, 3.05) is 18.0 Å². The van der Waals surface area contributed by atoms with Crippen LogP contribution in [0, 0.1) is 5.82 Å². The molecule has 0 spiro atoms. The van der Waals surface area contributed by atoms with Crippen LogP contribution in [0.3, 0.4) is 0 Å². The molecule has 1 saturated heterocycles. The molecular formula is C15H16F4N2O3. The minimum atomic E-state index is -4.77. The lowest BCUT2D eigenvalue weighted by Gasteiger charge is -2.37. The van der Waals surface area contributed by atoms with Gasteiger partial charge in [0.1, 0.15) is 0 Å². The van der Waals surface area contributed by atoms with Crippen LogP contribution >= 0.6 is 0 Å². The van der Waals surface area contributed by atoms with Crippen molar-refractivity contribution in [1.82, 2.24) is 5.16 Å². The van der Waals surface area contributed by atoms with E-state index in [1.807, 2.05) is 13.8 Å². The van der Waals surface area contributed by atoms with Crippen molar-refractivity contribution < 1.29 is 31.9 Å². The van der Waals surface area contributed by atoms with Crippen molar-refractivity contribution in [2.45, 2.75) is 38.8 Å². The molecule has 1 N–H and O–H groups in total. The standard InChI is InChI=1S/C15H16F4N2O3/c1-7-4-21(5-8(2)23-7)12-9(6-22)3-10-13(11(12)16)24-20-14(10)15(17,18)19/h3,7-8,22H,4-6H2,1-2H3/t7-,8+. The van der Waals surface area contributed by atoms with Gasteiger partial charge >= 0.3 is 6.18 Å². The van der Waals surface area contributed by atoms with Crippen molar-refractivity contribution in [3.05, 3.63) is 23.1 Å². The van der Waals surface area contributed by atoms with Gasteiger partial charge in [0, 0.05) is 18.7 Å². The maximum Gasteiger partial charge on any atom is 0.437 e. The van der Waals surface area contributed by atoms with Gasteiger partial charge in [0.15, 0.2) is 11.5 Å². The first-order valence-corrected chi connectivity index (χ1v) is 7.41. The van der Waals surface area contributed by atoms with E-state index in [1.165, 1.54) is 0 Å². The van der Waals surface area contributed by atoms with E-state index in [1.54, 1.807) is 4.90 Å². The molecule has 1 aliphatic rings. The lowest BCUT2D eigenvalue weighted by molar-refractivity contribution is -0.141. The fourth-order valence-corrected chi connectivity index (χ4v) is 3.11. The Labute approximate surface area is 134 Å². The Morgan fingerprint density at radius 3 is 2.46 bits per heavy atom. The lowest BCUT2D eigenvalue weighted by atomic mass is 10.1. The largest absolute Gasteiger partial charge is 0.437 e. The summed E-state index contributed by atoms with van der Waals surface area (Å²) >= 11 is 0. The van der Waals surface area contributed by atoms with Gasteiger partial charge in [-0.15, -0.1) is 0 Å². The number of hydrogen-bond donors (Lipinski definition) is 1. The highest BCUT2D eigenvalue weighted by Crippen LogP contribution is 2.39. The number of benzene rings is 1. The summed E-state index contributed by atoms with van der Waals surface area (Å²) in [7, 11) is 0. The first-order valence-electron chi connectivity index (χ1n) is 7.41. The average molecular weight is 348 g/mol. The van der Waals surface area contributed by atoms with Gasteiger partial charge in [-0.25, -0.2) is 4.39 Å². The maximum atomic E-state index is 14.9. The summed E-state index contributed by atoms with van der Waals surface area (Å²) in [6.45, 7) is 3.71. The van der Waals surface area contributed by atoms with E-state index < -0.39 is 35.3 Å². The van der Waals surface area contributed by atoms with Crippen LogP contribution in [-0.4, -0.2) is 35.6 Å². The molecule has 0 aliphatic carbocycles. The van der Waals surface area contributed by atoms with Gasteiger partial charge in [-0.1, -0.05) is 5.16 Å². The third-order valence-corrected chi connectivity index (χ3v) is 3.93. The normalized spacial score (nSPS) is 22.4. The molecule has 0 radical (unpaired) electrons. The predicted octanol–water partition coefficient (Wildman–Crippen LogP) is 3.09. The molecular weight excluding hydrogens is 332 g/mol. The van der Waals surface area contributed by atoms with E-state index in [0.29, 0.717) is 13.1 Å². The van der Waals surface area contributed by atoms with Gasteiger partial charge in [-0.05, 0) is 19.9 Å². The van der Waals surface area contributed by atoms with Gasteiger partial charge in [0.05, 0.1) is 29.9 Å². The molecule has 1 aromatic heterocycles. The highest BCUT2D eigenvalue weighted by Gasteiger charge is 2.39. The summed E-state index contributed by atoms with van der Waals surface area (Å²) in [5.74, 6) is -0.958.